The topological polar surface area (TPSA) is 46.6 Å². The average Bonchev–Trinajstić information content (AvgIpc) is 2.57. The number of halogens is 1. The highest BCUT2D eigenvalue weighted by atomic mass is 35.5. The van der Waals surface area contributed by atoms with Crippen molar-refractivity contribution in [3.63, 3.8) is 0 Å². The van der Waals surface area contributed by atoms with Gasteiger partial charge in [-0.2, -0.15) is 0 Å². The Morgan fingerprint density at radius 2 is 1.73 bits per heavy atom. The van der Waals surface area contributed by atoms with Gasteiger partial charge in [-0.25, -0.2) is 0 Å². The minimum Gasteiger partial charge on any atom is -0.447 e. The van der Waals surface area contributed by atoms with E-state index < -0.39 is 11.5 Å². The van der Waals surface area contributed by atoms with Crippen molar-refractivity contribution in [3.8, 4) is 0 Å². The number of alkyl halides is 1. The molecule has 0 aromatic heterocycles. The molecule has 2 unspecified atom stereocenters. The zero-order valence-electron chi connectivity index (χ0n) is 15.4. The molecule has 4 nitrogen and oxygen atoms in total. The fraction of sp³-hybridized carbons (Fsp3) is 0.619. The first-order chi connectivity index (χ1) is 12.3. The number of amides is 1. The average molecular weight is 376 g/mol. The number of ether oxygens (including phenoxy) is 1. The van der Waals surface area contributed by atoms with Gasteiger partial charge in [-0.15, -0.1) is 11.6 Å². The van der Waals surface area contributed by atoms with Gasteiger partial charge >= 0.3 is 5.97 Å². The van der Waals surface area contributed by atoms with E-state index in [1.807, 2.05) is 30.3 Å². The fourth-order valence-electron chi connectivity index (χ4n) is 5.74. The molecule has 0 radical (unpaired) electrons. The van der Waals surface area contributed by atoms with Gasteiger partial charge in [-0.3, -0.25) is 9.59 Å². The van der Waals surface area contributed by atoms with Gasteiger partial charge < -0.3 is 9.64 Å². The lowest BCUT2D eigenvalue weighted by Crippen LogP contribution is -2.56. The quantitative estimate of drug-likeness (QED) is 0.591. The van der Waals surface area contributed by atoms with Crippen LogP contribution in [0.2, 0.25) is 0 Å². The van der Waals surface area contributed by atoms with Gasteiger partial charge in [0.25, 0.3) is 5.91 Å². The lowest BCUT2D eigenvalue weighted by molar-refractivity contribution is -0.180. The SMILES string of the molecule is CN(C)C(=O)[C@H](OC(=O)C12C[C@@H]3C[C@@H](CC(Cl)(C3)C1)C2)c1ccccc1. The van der Waals surface area contributed by atoms with Crippen LogP contribution >= 0.6 is 11.6 Å². The van der Waals surface area contributed by atoms with Gasteiger partial charge in [0.2, 0.25) is 6.10 Å². The van der Waals surface area contributed by atoms with E-state index in [2.05, 4.69) is 0 Å². The molecule has 140 valence electrons. The third-order valence-electron chi connectivity index (χ3n) is 6.41. The van der Waals surface area contributed by atoms with Crippen LogP contribution in [0.1, 0.15) is 50.2 Å². The van der Waals surface area contributed by atoms with Gasteiger partial charge in [-0.1, -0.05) is 30.3 Å². The van der Waals surface area contributed by atoms with Crippen molar-refractivity contribution in [1.82, 2.24) is 4.90 Å². The monoisotopic (exact) mass is 375 g/mol. The second kappa shape index (κ2) is 6.26. The highest BCUT2D eigenvalue weighted by molar-refractivity contribution is 6.24. The second-order valence-electron chi connectivity index (χ2n) is 8.82. The second-order valence-corrected chi connectivity index (χ2v) is 9.62. The van der Waals surface area contributed by atoms with E-state index in [0.29, 0.717) is 23.8 Å². The number of rotatable bonds is 4. The van der Waals surface area contributed by atoms with Crippen molar-refractivity contribution in [2.75, 3.05) is 14.1 Å². The number of esters is 1. The molecule has 26 heavy (non-hydrogen) atoms. The molecular weight excluding hydrogens is 350 g/mol. The van der Waals surface area contributed by atoms with Crippen molar-refractivity contribution in [2.45, 2.75) is 49.5 Å². The molecule has 4 aliphatic rings. The number of hydrogen-bond donors (Lipinski definition) is 0. The molecule has 4 saturated carbocycles. The predicted octanol–water partition coefficient (Wildman–Crippen LogP) is 3.94. The van der Waals surface area contributed by atoms with Crippen LogP contribution in [-0.2, 0) is 14.3 Å². The Hall–Kier alpha value is -1.55. The van der Waals surface area contributed by atoms with E-state index in [1.165, 1.54) is 11.3 Å². The van der Waals surface area contributed by atoms with Crippen LogP contribution in [0.5, 0.6) is 0 Å². The molecule has 0 aliphatic heterocycles. The Labute approximate surface area is 159 Å². The summed E-state index contributed by atoms with van der Waals surface area (Å²) >= 11 is 6.85. The molecule has 0 saturated heterocycles. The van der Waals surface area contributed by atoms with Gasteiger partial charge in [-0.05, 0) is 50.4 Å². The van der Waals surface area contributed by atoms with E-state index in [4.69, 9.17) is 16.3 Å². The molecule has 0 spiro atoms. The molecule has 0 N–H and O–H groups in total. The highest BCUT2D eigenvalue weighted by Crippen LogP contribution is 2.64. The Morgan fingerprint density at radius 3 is 2.27 bits per heavy atom. The summed E-state index contributed by atoms with van der Waals surface area (Å²) in [6, 6.07) is 9.28. The molecule has 5 heteroatoms. The van der Waals surface area contributed by atoms with Gasteiger partial charge in [0.05, 0.1) is 5.41 Å². The summed E-state index contributed by atoms with van der Waals surface area (Å²) in [5.74, 6) is 0.581. The number of nitrogens with zero attached hydrogens (tertiary/aromatic N) is 1. The van der Waals surface area contributed by atoms with E-state index in [-0.39, 0.29) is 16.8 Å². The van der Waals surface area contributed by atoms with Crippen molar-refractivity contribution in [3.05, 3.63) is 35.9 Å². The van der Waals surface area contributed by atoms with Crippen LogP contribution in [-0.4, -0.2) is 35.7 Å². The summed E-state index contributed by atoms with van der Waals surface area (Å²) in [6.45, 7) is 0. The van der Waals surface area contributed by atoms with Gasteiger partial charge in [0.15, 0.2) is 0 Å². The van der Waals surface area contributed by atoms with Gasteiger partial charge in [0, 0.05) is 24.5 Å². The number of hydrogen-bond acceptors (Lipinski definition) is 3. The van der Waals surface area contributed by atoms with E-state index in [0.717, 1.165) is 25.7 Å². The Balaban J connectivity index is 1.60. The maximum atomic E-state index is 13.3. The van der Waals surface area contributed by atoms with Crippen LogP contribution in [0, 0.1) is 17.3 Å². The Kier molecular flexibility index (Phi) is 4.30. The Morgan fingerprint density at radius 1 is 1.12 bits per heavy atom. The first-order valence-electron chi connectivity index (χ1n) is 9.46. The van der Waals surface area contributed by atoms with Crippen molar-refractivity contribution < 1.29 is 14.3 Å². The molecule has 1 aromatic rings. The molecule has 5 atom stereocenters. The fourth-order valence-corrected chi connectivity index (χ4v) is 6.44. The zero-order chi connectivity index (χ0) is 18.5. The van der Waals surface area contributed by atoms with E-state index in [1.54, 1.807) is 14.1 Å². The smallest absolute Gasteiger partial charge is 0.313 e. The first-order valence-corrected chi connectivity index (χ1v) is 9.84. The third kappa shape index (κ3) is 3.02. The summed E-state index contributed by atoms with van der Waals surface area (Å²) in [4.78, 5) is 27.2. The van der Waals surface area contributed by atoms with Gasteiger partial charge in [0.1, 0.15) is 0 Å². The predicted molar refractivity (Wildman–Crippen MR) is 99.7 cm³/mol. The molecule has 1 aromatic carbocycles. The lowest BCUT2D eigenvalue weighted by atomic mass is 9.49. The summed E-state index contributed by atoms with van der Waals surface area (Å²) in [5.41, 5.74) is 0.204. The van der Waals surface area contributed by atoms with Crippen LogP contribution in [0.15, 0.2) is 30.3 Å². The maximum absolute atomic E-state index is 13.3. The summed E-state index contributed by atoms with van der Waals surface area (Å²) in [6.07, 6.45) is 4.71. The first kappa shape index (κ1) is 17.8. The lowest BCUT2D eigenvalue weighted by Gasteiger charge is -2.58. The number of likely N-dealkylation sites (N-methyl/N-ethyl adjacent to an activating group) is 1. The molecule has 1 amide bonds. The summed E-state index contributed by atoms with van der Waals surface area (Å²) in [7, 11) is 3.37. The molecular formula is C21H26ClNO3. The largest absolute Gasteiger partial charge is 0.447 e. The van der Waals surface area contributed by atoms with Crippen molar-refractivity contribution in [2.24, 2.45) is 17.3 Å². The molecule has 5 rings (SSSR count). The van der Waals surface area contributed by atoms with Crippen molar-refractivity contribution >= 4 is 23.5 Å². The number of carbonyl (C=O) groups excluding carboxylic acids is 2. The summed E-state index contributed by atoms with van der Waals surface area (Å²) < 4.78 is 5.90. The normalized spacial score (nSPS) is 35.8. The molecule has 4 fully saturated rings. The minimum atomic E-state index is -0.891. The van der Waals surface area contributed by atoms with Crippen LogP contribution in [0.25, 0.3) is 0 Å². The third-order valence-corrected chi connectivity index (χ3v) is 6.86. The van der Waals surface area contributed by atoms with Crippen LogP contribution in [0.3, 0.4) is 0 Å². The van der Waals surface area contributed by atoms with Crippen molar-refractivity contribution in [1.29, 1.82) is 0 Å². The van der Waals surface area contributed by atoms with Crippen LogP contribution in [0.4, 0.5) is 0 Å². The Bertz CT molecular complexity index is 703. The number of benzene rings is 1. The summed E-state index contributed by atoms with van der Waals surface area (Å²) in [5, 5.41) is 0. The zero-order valence-corrected chi connectivity index (χ0v) is 16.2. The maximum Gasteiger partial charge on any atom is 0.313 e. The standard InChI is InChI=1S/C21H26ClNO3/c1-23(2)18(24)17(16-6-4-3-5-7-16)26-19(25)20-9-14-8-15(10-20)12-21(22,11-14)13-20/h3-7,14-15,17H,8-13H2,1-2H3/t14-,15+,17-,20?,21?/m1/s1. The molecule has 4 bridgehead atoms. The van der Waals surface area contributed by atoms with Crippen LogP contribution < -0.4 is 0 Å². The molecule has 0 heterocycles. The van der Waals surface area contributed by atoms with E-state index in [9.17, 15) is 9.59 Å². The highest BCUT2D eigenvalue weighted by Gasteiger charge is 2.61. The minimum absolute atomic E-state index is 0.213. The number of carbonyl (C=O) groups is 2. The molecule has 4 aliphatic carbocycles. The van der Waals surface area contributed by atoms with E-state index >= 15 is 0 Å².